The van der Waals surface area contributed by atoms with Crippen LogP contribution in [0.3, 0.4) is 0 Å². The number of anilines is 1. The van der Waals surface area contributed by atoms with Gasteiger partial charge in [-0.3, -0.25) is 4.98 Å². The number of nitrogens with zero attached hydrogens (tertiary/aromatic N) is 1. The summed E-state index contributed by atoms with van der Waals surface area (Å²) in [4.78, 5) is 4.48. The molecule has 0 bridgehead atoms. The second-order valence-corrected chi connectivity index (χ2v) is 4.98. The first kappa shape index (κ1) is 12.8. The smallest absolute Gasteiger partial charge is 0.146 e. The molecule has 0 aliphatic carbocycles. The molecule has 0 atom stereocenters. The Morgan fingerprint density at radius 1 is 1.05 bits per heavy atom. The second-order valence-electron chi connectivity index (χ2n) is 4.57. The molecule has 0 unspecified atom stereocenters. The highest BCUT2D eigenvalue weighted by atomic mass is 35.5. The lowest BCUT2D eigenvalue weighted by molar-refractivity contribution is 0.488. The van der Waals surface area contributed by atoms with Crippen molar-refractivity contribution in [3.63, 3.8) is 0 Å². The maximum Gasteiger partial charge on any atom is 0.146 e. The normalized spacial score (nSPS) is 10.7. The fourth-order valence-electron chi connectivity index (χ4n) is 2.07. The number of aromatic nitrogens is 1. The number of benzene rings is 2. The molecule has 0 radical (unpaired) electrons. The van der Waals surface area contributed by atoms with E-state index >= 15 is 0 Å². The zero-order valence-corrected chi connectivity index (χ0v) is 11.7. The largest absolute Gasteiger partial charge is 0.455 e. The van der Waals surface area contributed by atoms with Gasteiger partial charge >= 0.3 is 0 Å². The van der Waals surface area contributed by atoms with E-state index in [9.17, 15) is 0 Å². The molecule has 100 valence electrons. The van der Waals surface area contributed by atoms with E-state index in [4.69, 9.17) is 22.1 Å². The van der Waals surface area contributed by atoms with Crippen molar-refractivity contribution in [2.24, 2.45) is 0 Å². The highest BCUT2D eigenvalue weighted by molar-refractivity contribution is 6.32. The number of rotatable bonds is 2. The minimum atomic E-state index is 0.489. The summed E-state index contributed by atoms with van der Waals surface area (Å²) in [6.07, 6.45) is 0. The van der Waals surface area contributed by atoms with Crippen LogP contribution in [0.15, 0.2) is 48.5 Å². The predicted molar refractivity (Wildman–Crippen MR) is 82.4 cm³/mol. The first-order valence-corrected chi connectivity index (χ1v) is 6.60. The van der Waals surface area contributed by atoms with Gasteiger partial charge in [-0.25, -0.2) is 0 Å². The van der Waals surface area contributed by atoms with Crippen LogP contribution in [-0.2, 0) is 0 Å². The Hall–Kier alpha value is -2.26. The van der Waals surface area contributed by atoms with Crippen LogP contribution in [0.2, 0.25) is 5.02 Å². The Morgan fingerprint density at radius 3 is 2.65 bits per heavy atom. The van der Waals surface area contributed by atoms with Gasteiger partial charge in [0.1, 0.15) is 11.5 Å². The lowest BCUT2D eigenvalue weighted by Gasteiger charge is -2.11. The molecule has 0 amide bonds. The summed E-state index contributed by atoms with van der Waals surface area (Å²) in [6.45, 7) is 1.93. The van der Waals surface area contributed by atoms with E-state index in [1.54, 1.807) is 18.2 Å². The number of pyridine rings is 1. The highest BCUT2D eigenvalue weighted by Gasteiger charge is 2.08. The number of ether oxygens (including phenoxy) is 1. The maximum atomic E-state index is 6.15. The van der Waals surface area contributed by atoms with Gasteiger partial charge in [0.25, 0.3) is 0 Å². The molecular weight excluding hydrogens is 272 g/mol. The highest BCUT2D eigenvalue weighted by Crippen LogP contribution is 2.34. The van der Waals surface area contributed by atoms with Gasteiger partial charge in [0.2, 0.25) is 0 Å². The Balaban J connectivity index is 2.10. The van der Waals surface area contributed by atoms with Gasteiger partial charge in [-0.05, 0) is 37.3 Å². The van der Waals surface area contributed by atoms with Crippen molar-refractivity contribution >= 4 is 28.2 Å². The summed E-state index contributed by atoms with van der Waals surface area (Å²) < 4.78 is 5.93. The van der Waals surface area contributed by atoms with Crippen molar-refractivity contribution in [1.82, 2.24) is 4.98 Å². The third-order valence-electron chi connectivity index (χ3n) is 2.98. The van der Waals surface area contributed by atoms with Crippen LogP contribution in [0, 0.1) is 6.92 Å². The van der Waals surface area contributed by atoms with Gasteiger partial charge in [0.15, 0.2) is 0 Å². The SMILES string of the molecule is Cc1cc(Oc2ccc(N)cc2Cl)c2ccccc2n1. The van der Waals surface area contributed by atoms with Crippen molar-refractivity contribution in [3.8, 4) is 11.5 Å². The van der Waals surface area contributed by atoms with Gasteiger partial charge in [-0.2, -0.15) is 0 Å². The Labute approximate surface area is 122 Å². The van der Waals surface area contributed by atoms with Crippen LogP contribution >= 0.6 is 11.6 Å². The minimum Gasteiger partial charge on any atom is -0.455 e. The van der Waals surface area contributed by atoms with E-state index in [2.05, 4.69) is 4.98 Å². The zero-order chi connectivity index (χ0) is 14.1. The molecule has 2 N–H and O–H groups in total. The summed E-state index contributed by atoms with van der Waals surface area (Å²) in [6, 6.07) is 14.9. The van der Waals surface area contributed by atoms with Crippen LogP contribution in [-0.4, -0.2) is 4.98 Å². The number of hydrogen-bond donors (Lipinski definition) is 1. The van der Waals surface area contributed by atoms with Gasteiger partial charge in [0, 0.05) is 22.8 Å². The molecule has 0 aliphatic heterocycles. The molecule has 0 fully saturated rings. The molecule has 0 aliphatic rings. The van der Waals surface area contributed by atoms with Gasteiger partial charge in [0.05, 0.1) is 10.5 Å². The van der Waals surface area contributed by atoms with E-state index in [0.717, 1.165) is 22.3 Å². The summed E-state index contributed by atoms with van der Waals surface area (Å²) in [5, 5.41) is 1.44. The summed E-state index contributed by atoms with van der Waals surface area (Å²) in [5.74, 6) is 1.32. The first-order chi connectivity index (χ1) is 9.63. The van der Waals surface area contributed by atoms with Crippen molar-refractivity contribution < 1.29 is 4.74 Å². The van der Waals surface area contributed by atoms with E-state index in [1.807, 2.05) is 37.3 Å². The fourth-order valence-corrected chi connectivity index (χ4v) is 2.30. The number of aryl methyl sites for hydroxylation is 1. The average Bonchev–Trinajstić information content (AvgIpc) is 2.41. The summed E-state index contributed by atoms with van der Waals surface area (Å²) >= 11 is 6.15. The molecule has 0 saturated heterocycles. The Bertz CT molecular complexity index is 787. The van der Waals surface area contributed by atoms with Crippen molar-refractivity contribution in [2.45, 2.75) is 6.92 Å². The number of nitrogens with two attached hydrogens (primary N) is 1. The number of nitrogen functional groups attached to an aromatic ring is 1. The monoisotopic (exact) mass is 284 g/mol. The van der Waals surface area contributed by atoms with Gasteiger partial charge in [-0.15, -0.1) is 0 Å². The van der Waals surface area contributed by atoms with Crippen LogP contribution < -0.4 is 10.5 Å². The van der Waals surface area contributed by atoms with Crippen molar-refractivity contribution in [3.05, 3.63) is 59.2 Å². The molecule has 20 heavy (non-hydrogen) atoms. The zero-order valence-electron chi connectivity index (χ0n) is 10.9. The molecule has 3 nitrogen and oxygen atoms in total. The third kappa shape index (κ3) is 2.40. The van der Waals surface area contributed by atoms with E-state index in [-0.39, 0.29) is 0 Å². The third-order valence-corrected chi connectivity index (χ3v) is 3.28. The second kappa shape index (κ2) is 5.02. The Kier molecular flexibility index (Phi) is 3.20. The quantitative estimate of drug-likeness (QED) is 0.701. The predicted octanol–water partition coefficient (Wildman–Crippen LogP) is 4.57. The van der Waals surface area contributed by atoms with Crippen LogP contribution in [0.4, 0.5) is 5.69 Å². The lowest BCUT2D eigenvalue weighted by atomic mass is 10.2. The van der Waals surface area contributed by atoms with Crippen LogP contribution in [0.5, 0.6) is 11.5 Å². The molecular formula is C16H13ClN2O. The molecule has 1 heterocycles. The van der Waals surface area contributed by atoms with Gasteiger partial charge < -0.3 is 10.5 Å². The van der Waals surface area contributed by atoms with E-state index in [0.29, 0.717) is 16.5 Å². The van der Waals surface area contributed by atoms with E-state index in [1.165, 1.54) is 0 Å². The Morgan fingerprint density at radius 2 is 1.85 bits per heavy atom. The fraction of sp³-hybridized carbons (Fsp3) is 0.0625. The minimum absolute atomic E-state index is 0.489. The van der Waals surface area contributed by atoms with Crippen molar-refractivity contribution in [2.75, 3.05) is 5.73 Å². The molecule has 0 spiro atoms. The maximum absolute atomic E-state index is 6.15. The molecule has 4 heteroatoms. The van der Waals surface area contributed by atoms with Crippen LogP contribution in [0.1, 0.15) is 5.69 Å². The number of hydrogen-bond acceptors (Lipinski definition) is 3. The van der Waals surface area contributed by atoms with Crippen LogP contribution in [0.25, 0.3) is 10.9 Å². The number of fused-ring (bicyclic) bond motifs is 1. The molecule has 1 aromatic heterocycles. The first-order valence-electron chi connectivity index (χ1n) is 6.23. The molecule has 3 aromatic rings. The molecule has 2 aromatic carbocycles. The van der Waals surface area contributed by atoms with Crippen molar-refractivity contribution in [1.29, 1.82) is 0 Å². The average molecular weight is 285 g/mol. The molecule has 3 rings (SSSR count). The van der Waals surface area contributed by atoms with Gasteiger partial charge in [-0.1, -0.05) is 23.7 Å². The molecule has 0 saturated carbocycles. The van der Waals surface area contributed by atoms with E-state index < -0.39 is 0 Å². The lowest BCUT2D eigenvalue weighted by Crippen LogP contribution is -1.92. The summed E-state index contributed by atoms with van der Waals surface area (Å²) in [5.41, 5.74) is 8.09. The number of halogens is 1. The summed E-state index contributed by atoms with van der Waals surface area (Å²) in [7, 11) is 0. The topological polar surface area (TPSA) is 48.1 Å². The standard InChI is InChI=1S/C16H13ClN2O/c1-10-8-16(12-4-2-3-5-14(12)19-10)20-15-7-6-11(18)9-13(15)17/h2-9H,18H2,1H3. The number of para-hydroxylation sites is 1.